The molecule has 0 aliphatic rings. The van der Waals surface area contributed by atoms with Crippen LogP contribution in [0.3, 0.4) is 0 Å². The molecule has 0 radical (unpaired) electrons. The number of ether oxygens (including phenoxy) is 2. The average molecular weight is 220 g/mol. The van der Waals surface area contributed by atoms with Gasteiger partial charge in [0.1, 0.15) is 11.8 Å². The highest BCUT2D eigenvalue weighted by atomic mass is 16.5. The summed E-state index contributed by atoms with van der Waals surface area (Å²) < 4.78 is 10.4. The molecule has 0 bridgehead atoms. The third-order valence-electron chi connectivity index (χ3n) is 2.12. The van der Waals surface area contributed by atoms with E-state index in [2.05, 4.69) is 6.07 Å². The van der Waals surface area contributed by atoms with Gasteiger partial charge in [0.2, 0.25) is 0 Å². The molecule has 0 saturated carbocycles. The van der Waals surface area contributed by atoms with E-state index >= 15 is 0 Å². The Labute approximate surface area is 95.6 Å². The molecule has 1 rings (SSSR count). The number of hydrogen-bond donors (Lipinski definition) is 1. The third kappa shape index (κ3) is 3.79. The minimum atomic E-state index is 0.478. The SMILES string of the molecule is COCCCCOc1ccc(N)cc1C#N. The first-order chi connectivity index (χ1) is 7.77. The summed E-state index contributed by atoms with van der Waals surface area (Å²) in [4.78, 5) is 0. The molecule has 0 heterocycles. The first-order valence-corrected chi connectivity index (χ1v) is 5.19. The maximum atomic E-state index is 8.88. The van der Waals surface area contributed by atoms with E-state index in [0.717, 1.165) is 19.4 Å². The van der Waals surface area contributed by atoms with Crippen LogP contribution in [0.2, 0.25) is 0 Å². The van der Waals surface area contributed by atoms with Crippen LogP contribution in [0, 0.1) is 11.3 Å². The van der Waals surface area contributed by atoms with E-state index in [1.807, 2.05) is 0 Å². The van der Waals surface area contributed by atoms with E-state index in [4.69, 9.17) is 20.5 Å². The third-order valence-corrected chi connectivity index (χ3v) is 2.12. The van der Waals surface area contributed by atoms with Crippen LogP contribution in [0.25, 0.3) is 0 Å². The molecule has 0 fully saturated rings. The van der Waals surface area contributed by atoms with Crippen molar-refractivity contribution in [3.63, 3.8) is 0 Å². The summed E-state index contributed by atoms with van der Waals surface area (Å²) in [7, 11) is 1.68. The highest BCUT2D eigenvalue weighted by molar-refractivity contribution is 5.53. The zero-order valence-corrected chi connectivity index (χ0v) is 9.40. The minimum Gasteiger partial charge on any atom is -0.492 e. The molecule has 0 saturated heterocycles. The van der Waals surface area contributed by atoms with Crippen molar-refractivity contribution < 1.29 is 9.47 Å². The lowest BCUT2D eigenvalue weighted by Crippen LogP contribution is -2.01. The molecule has 16 heavy (non-hydrogen) atoms. The van der Waals surface area contributed by atoms with Gasteiger partial charge in [-0.2, -0.15) is 5.26 Å². The van der Waals surface area contributed by atoms with Gasteiger partial charge in [0.15, 0.2) is 0 Å². The Bertz CT molecular complexity index is 372. The van der Waals surface area contributed by atoms with Crippen molar-refractivity contribution in [2.24, 2.45) is 0 Å². The maximum absolute atomic E-state index is 8.88. The molecule has 0 amide bonds. The zero-order valence-electron chi connectivity index (χ0n) is 9.40. The molecular formula is C12H16N2O2. The predicted molar refractivity (Wildman–Crippen MR) is 62.2 cm³/mol. The van der Waals surface area contributed by atoms with Crippen LogP contribution in [0.15, 0.2) is 18.2 Å². The van der Waals surface area contributed by atoms with Crippen molar-refractivity contribution in [2.45, 2.75) is 12.8 Å². The van der Waals surface area contributed by atoms with Crippen molar-refractivity contribution >= 4 is 5.69 Å². The Hall–Kier alpha value is -1.73. The van der Waals surface area contributed by atoms with Crippen molar-refractivity contribution in [3.8, 4) is 11.8 Å². The van der Waals surface area contributed by atoms with Crippen molar-refractivity contribution in [1.82, 2.24) is 0 Å². The van der Waals surface area contributed by atoms with Gasteiger partial charge < -0.3 is 15.2 Å². The summed E-state index contributed by atoms with van der Waals surface area (Å²) in [6, 6.07) is 7.13. The van der Waals surface area contributed by atoms with E-state index in [9.17, 15) is 0 Å². The second-order valence-electron chi connectivity index (χ2n) is 3.42. The van der Waals surface area contributed by atoms with Crippen LogP contribution < -0.4 is 10.5 Å². The number of nitrogens with zero attached hydrogens (tertiary/aromatic N) is 1. The molecule has 0 atom stereocenters. The fourth-order valence-corrected chi connectivity index (χ4v) is 1.29. The molecule has 0 aliphatic carbocycles. The number of hydrogen-bond acceptors (Lipinski definition) is 4. The number of nitrogens with two attached hydrogens (primary N) is 1. The van der Waals surface area contributed by atoms with E-state index < -0.39 is 0 Å². The van der Waals surface area contributed by atoms with E-state index in [1.54, 1.807) is 25.3 Å². The van der Waals surface area contributed by atoms with E-state index in [0.29, 0.717) is 23.6 Å². The first kappa shape index (κ1) is 12.3. The van der Waals surface area contributed by atoms with Crippen LogP contribution >= 0.6 is 0 Å². The molecule has 0 spiro atoms. The van der Waals surface area contributed by atoms with Gasteiger partial charge in [0, 0.05) is 19.4 Å². The molecule has 4 nitrogen and oxygen atoms in total. The monoisotopic (exact) mass is 220 g/mol. The zero-order chi connectivity index (χ0) is 11.8. The van der Waals surface area contributed by atoms with Crippen molar-refractivity contribution in [3.05, 3.63) is 23.8 Å². The summed E-state index contributed by atoms with van der Waals surface area (Å²) in [6.45, 7) is 1.32. The molecule has 0 unspecified atom stereocenters. The highest BCUT2D eigenvalue weighted by Gasteiger charge is 2.03. The fourth-order valence-electron chi connectivity index (χ4n) is 1.29. The summed E-state index contributed by atoms with van der Waals surface area (Å²) in [5.41, 5.74) is 6.63. The Balaban J connectivity index is 2.45. The fraction of sp³-hybridized carbons (Fsp3) is 0.417. The molecule has 1 aromatic carbocycles. The van der Waals surface area contributed by atoms with Crippen LogP contribution in [-0.2, 0) is 4.74 Å². The normalized spacial score (nSPS) is 9.75. The minimum absolute atomic E-state index is 0.478. The molecule has 0 aliphatic heterocycles. The topological polar surface area (TPSA) is 68.3 Å². The van der Waals surface area contributed by atoms with Gasteiger partial charge in [0.25, 0.3) is 0 Å². The second-order valence-corrected chi connectivity index (χ2v) is 3.42. The van der Waals surface area contributed by atoms with Gasteiger partial charge in [-0.15, -0.1) is 0 Å². The Kier molecular flexibility index (Phi) is 5.17. The molecule has 86 valence electrons. The summed E-state index contributed by atoms with van der Waals surface area (Å²) in [6.07, 6.45) is 1.86. The van der Waals surface area contributed by atoms with Crippen LogP contribution in [-0.4, -0.2) is 20.3 Å². The van der Waals surface area contributed by atoms with Crippen molar-refractivity contribution in [2.75, 3.05) is 26.1 Å². The summed E-state index contributed by atoms with van der Waals surface area (Å²) in [5, 5.41) is 8.88. The predicted octanol–water partition coefficient (Wildman–Crippen LogP) is 1.95. The maximum Gasteiger partial charge on any atom is 0.137 e. The molecule has 4 heteroatoms. The standard InChI is InChI=1S/C12H16N2O2/c1-15-6-2-3-7-16-12-5-4-11(14)8-10(12)9-13/h4-5,8H,2-3,6-7,14H2,1H3. The van der Waals surface area contributed by atoms with Gasteiger partial charge in [-0.05, 0) is 31.0 Å². The average Bonchev–Trinajstić information content (AvgIpc) is 2.30. The lowest BCUT2D eigenvalue weighted by atomic mass is 10.2. The number of nitriles is 1. The quantitative estimate of drug-likeness (QED) is 0.587. The molecule has 0 aromatic heterocycles. The second kappa shape index (κ2) is 6.70. The summed E-state index contributed by atoms with van der Waals surface area (Å²) in [5.74, 6) is 0.592. The number of methoxy groups -OCH3 is 1. The number of benzene rings is 1. The van der Waals surface area contributed by atoms with Gasteiger partial charge in [-0.25, -0.2) is 0 Å². The highest BCUT2D eigenvalue weighted by Crippen LogP contribution is 2.20. The van der Waals surface area contributed by atoms with Crippen molar-refractivity contribution in [1.29, 1.82) is 5.26 Å². The lowest BCUT2D eigenvalue weighted by Gasteiger charge is -2.07. The lowest BCUT2D eigenvalue weighted by molar-refractivity contribution is 0.184. The molecular weight excluding hydrogens is 204 g/mol. The Morgan fingerprint density at radius 3 is 2.75 bits per heavy atom. The first-order valence-electron chi connectivity index (χ1n) is 5.19. The number of nitrogen functional groups attached to an aromatic ring is 1. The van der Waals surface area contributed by atoms with Gasteiger partial charge in [0.05, 0.1) is 12.2 Å². The van der Waals surface area contributed by atoms with Crippen LogP contribution in [0.5, 0.6) is 5.75 Å². The van der Waals surface area contributed by atoms with Gasteiger partial charge in [-0.1, -0.05) is 0 Å². The van der Waals surface area contributed by atoms with Gasteiger partial charge in [-0.3, -0.25) is 0 Å². The Morgan fingerprint density at radius 2 is 2.06 bits per heavy atom. The largest absolute Gasteiger partial charge is 0.492 e. The van der Waals surface area contributed by atoms with E-state index in [-0.39, 0.29) is 0 Å². The molecule has 1 aromatic rings. The number of rotatable bonds is 6. The number of unbranched alkanes of at least 4 members (excludes halogenated alkanes) is 1. The van der Waals surface area contributed by atoms with Gasteiger partial charge >= 0.3 is 0 Å². The van der Waals surface area contributed by atoms with Crippen LogP contribution in [0.4, 0.5) is 5.69 Å². The van der Waals surface area contributed by atoms with Crippen LogP contribution in [0.1, 0.15) is 18.4 Å². The Morgan fingerprint density at radius 1 is 1.31 bits per heavy atom. The van der Waals surface area contributed by atoms with E-state index in [1.165, 1.54) is 0 Å². The smallest absolute Gasteiger partial charge is 0.137 e. The summed E-state index contributed by atoms with van der Waals surface area (Å²) >= 11 is 0. The molecule has 2 N–H and O–H groups in total. The number of anilines is 1.